The number of aliphatic imine (C=N–C) groups is 1. The molecule has 0 saturated heterocycles. The summed E-state index contributed by atoms with van der Waals surface area (Å²) in [5, 5.41) is 2.88. The number of aromatic nitrogens is 2. The molecule has 0 aliphatic carbocycles. The van der Waals surface area contributed by atoms with E-state index in [1.807, 2.05) is 42.5 Å². The normalized spacial score (nSPS) is 15.0. The Morgan fingerprint density at radius 1 is 1.00 bits per heavy atom. The number of hydrogen-bond acceptors (Lipinski definition) is 5. The second-order valence-electron chi connectivity index (χ2n) is 5.68. The third kappa shape index (κ3) is 2.85. The molecule has 0 bridgehead atoms. The Morgan fingerprint density at radius 3 is 2.52 bits per heavy atom. The number of carbonyl (C=O) groups is 1. The summed E-state index contributed by atoms with van der Waals surface area (Å²) in [6.45, 7) is 0. The molecule has 6 heteroatoms. The lowest BCUT2D eigenvalue weighted by molar-refractivity contribution is 0.102. The second-order valence-corrected chi connectivity index (χ2v) is 5.68. The van der Waals surface area contributed by atoms with Gasteiger partial charge in [0, 0.05) is 17.5 Å². The maximum Gasteiger partial charge on any atom is 0.255 e. The van der Waals surface area contributed by atoms with Gasteiger partial charge in [-0.3, -0.25) is 9.79 Å². The third-order valence-electron chi connectivity index (χ3n) is 4.08. The van der Waals surface area contributed by atoms with Crippen LogP contribution in [0.2, 0.25) is 0 Å². The molecule has 122 valence electrons. The molecule has 1 unspecified atom stereocenters. The molecular weight excluding hydrogens is 314 g/mol. The quantitative estimate of drug-likeness (QED) is 0.772. The van der Waals surface area contributed by atoms with E-state index in [0.29, 0.717) is 11.4 Å². The SMILES string of the molecule is Nc1ncnc2c1C=NC2c1ccc(NC(=O)c2ccccc2)cc1. The Morgan fingerprint density at radius 2 is 1.76 bits per heavy atom. The molecule has 0 fully saturated rings. The summed E-state index contributed by atoms with van der Waals surface area (Å²) < 4.78 is 0. The van der Waals surface area contributed by atoms with Crippen LogP contribution >= 0.6 is 0 Å². The summed E-state index contributed by atoms with van der Waals surface area (Å²) in [4.78, 5) is 25.0. The van der Waals surface area contributed by atoms with Crippen molar-refractivity contribution in [3.63, 3.8) is 0 Å². The van der Waals surface area contributed by atoms with Crippen molar-refractivity contribution in [3.8, 4) is 0 Å². The molecule has 2 aromatic carbocycles. The molecule has 1 atom stereocenters. The molecule has 3 N–H and O–H groups in total. The van der Waals surface area contributed by atoms with E-state index in [1.54, 1.807) is 18.3 Å². The lowest BCUT2D eigenvalue weighted by atomic mass is 10.0. The standard InChI is InChI=1S/C19H15N5O/c20-18-15-10-21-16(17(15)22-11-23-18)12-6-8-14(9-7-12)24-19(25)13-4-2-1-3-5-13/h1-11,16H,(H,24,25)(H2,20,22,23). The number of hydrogen-bond donors (Lipinski definition) is 2. The van der Waals surface area contributed by atoms with E-state index < -0.39 is 0 Å². The largest absolute Gasteiger partial charge is 0.383 e. The van der Waals surface area contributed by atoms with Gasteiger partial charge in [0.1, 0.15) is 18.2 Å². The highest BCUT2D eigenvalue weighted by atomic mass is 16.1. The first kappa shape index (κ1) is 15.0. The number of carbonyl (C=O) groups excluding carboxylic acids is 1. The molecular formula is C19H15N5O. The zero-order chi connectivity index (χ0) is 17.2. The van der Waals surface area contributed by atoms with Crippen LogP contribution in [0, 0.1) is 0 Å². The average molecular weight is 329 g/mol. The zero-order valence-electron chi connectivity index (χ0n) is 13.3. The molecule has 0 spiro atoms. The third-order valence-corrected chi connectivity index (χ3v) is 4.08. The minimum atomic E-state index is -0.195. The Labute approximate surface area is 144 Å². The van der Waals surface area contributed by atoms with Crippen LogP contribution < -0.4 is 11.1 Å². The number of nitrogens with two attached hydrogens (primary N) is 1. The van der Waals surface area contributed by atoms with Gasteiger partial charge in [0.2, 0.25) is 0 Å². The van der Waals surface area contributed by atoms with Gasteiger partial charge in [0.15, 0.2) is 0 Å². The van der Waals surface area contributed by atoms with Crippen LogP contribution in [0.1, 0.15) is 33.2 Å². The highest BCUT2D eigenvalue weighted by Gasteiger charge is 2.24. The summed E-state index contributed by atoms with van der Waals surface area (Å²) in [6.07, 6.45) is 3.16. The molecule has 1 aliphatic heterocycles. The first-order chi connectivity index (χ1) is 12.2. The fourth-order valence-electron chi connectivity index (χ4n) is 2.78. The first-order valence-electron chi connectivity index (χ1n) is 7.82. The van der Waals surface area contributed by atoms with Crippen molar-refractivity contribution in [1.29, 1.82) is 0 Å². The maximum atomic E-state index is 12.2. The minimum Gasteiger partial charge on any atom is -0.383 e. The number of amides is 1. The van der Waals surface area contributed by atoms with Crippen LogP contribution in [0.4, 0.5) is 11.5 Å². The van der Waals surface area contributed by atoms with E-state index in [4.69, 9.17) is 5.73 Å². The van der Waals surface area contributed by atoms with Crippen molar-refractivity contribution in [1.82, 2.24) is 9.97 Å². The monoisotopic (exact) mass is 329 g/mol. The van der Waals surface area contributed by atoms with E-state index in [2.05, 4.69) is 20.3 Å². The number of anilines is 2. The summed E-state index contributed by atoms with van der Waals surface area (Å²) in [6, 6.07) is 16.5. The van der Waals surface area contributed by atoms with Gasteiger partial charge in [-0.05, 0) is 29.8 Å². The van der Waals surface area contributed by atoms with E-state index >= 15 is 0 Å². The Kier molecular flexibility index (Phi) is 3.70. The van der Waals surface area contributed by atoms with Crippen LogP contribution in [0.5, 0.6) is 0 Å². The second kappa shape index (κ2) is 6.16. The maximum absolute atomic E-state index is 12.2. The highest BCUT2D eigenvalue weighted by Crippen LogP contribution is 2.32. The summed E-state index contributed by atoms with van der Waals surface area (Å²) in [7, 11) is 0. The smallest absolute Gasteiger partial charge is 0.255 e. The summed E-state index contributed by atoms with van der Waals surface area (Å²) in [5.74, 6) is 0.293. The van der Waals surface area contributed by atoms with Gasteiger partial charge in [-0.2, -0.15) is 0 Å². The van der Waals surface area contributed by atoms with Crippen molar-refractivity contribution in [2.45, 2.75) is 6.04 Å². The summed E-state index contributed by atoms with van der Waals surface area (Å²) >= 11 is 0. The Hall–Kier alpha value is -3.54. The van der Waals surface area contributed by atoms with Gasteiger partial charge in [0.05, 0.1) is 11.3 Å². The molecule has 1 aliphatic rings. The first-order valence-corrected chi connectivity index (χ1v) is 7.82. The molecule has 1 amide bonds. The topological polar surface area (TPSA) is 93.3 Å². The van der Waals surface area contributed by atoms with Gasteiger partial charge in [-0.1, -0.05) is 30.3 Å². The lowest BCUT2D eigenvalue weighted by Gasteiger charge is -2.11. The van der Waals surface area contributed by atoms with E-state index in [1.165, 1.54) is 6.33 Å². The molecule has 25 heavy (non-hydrogen) atoms. The highest BCUT2D eigenvalue weighted by molar-refractivity contribution is 6.04. The van der Waals surface area contributed by atoms with E-state index in [-0.39, 0.29) is 11.9 Å². The fraction of sp³-hybridized carbons (Fsp3) is 0.0526. The van der Waals surface area contributed by atoms with Gasteiger partial charge < -0.3 is 11.1 Å². The van der Waals surface area contributed by atoms with Crippen LogP contribution in [-0.2, 0) is 0 Å². The number of fused-ring (bicyclic) bond motifs is 1. The molecule has 6 nitrogen and oxygen atoms in total. The van der Waals surface area contributed by atoms with Crippen LogP contribution in [0.3, 0.4) is 0 Å². The number of nitrogens with zero attached hydrogens (tertiary/aromatic N) is 3. The minimum absolute atomic E-state index is 0.141. The summed E-state index contributed by atoms with van der Waals surface area (Å²) in [5.41, 5.74) is 9.75. The predicted molar refractivity (Wildman–Crippen MR) is 96.7 cm³/mol. The lowest BCUT2D eigenvalue weighted by Crippen LogP contribution is -2.11. The molecule has 3 aromatic rings. The van der Waals surface area contributed by atoms with E-state index in [9.17, 15) is 4.79 Å². The van der Waals surface area contributed by atoms with Crippen LogP contribution in [-0.4, -0.2) is 22.1 Å². The van der Waals surface area contributed by atoms with Gasteiger partial charge in [-0.25, -0.2) is 9.97 Å². The molecule has 2 heterocycles. The predicted octanol–water partition coefficient (Wildman–Crippen LogP) is 2.83. The van der Waals surface area contributed by atoms with Crippen molar-refractivity contribution in [2.75, 3.05) is 11.1 Å². The average Bonchev–Trinajstić information content (AvgIpc) is 3.09. The van der Waals surface area contributed by atoms with Gasteiger partial charge in [-0.15, -0.1) is 0 Å². The number of rotatable bonds is 3. The Bertz CT molecular complexity index is 951. The van der Waals surface area contributed by atoms with Crippen molar-refractivity contribution in [3.05, 3.63) is 83.3 Å². The molecule has 0 radical (unpaired) electrons. The van der Waals surface area contributed by atoms with Crippen LogP contribution in [0.25, 0.3) is 0 Å². The number of nitrogens with one attached hydrogen (secondary N) is 1. The number of benzene rings is 2. The van der Waals surface area contributed by atoms with Crippen molar-refractivity contribution < 1.29 is 4.79 Å². The number of nitrogen functional groups attached to an aromatic ring is 1. The Balaban J connectivity index is 1.53. The van der Waals surface area contributed by atoms with Crippen molar-refractivity contribution >= 4 is 23.6 Å². The van der Waals surface area contributed by atoms with E-state index in [0.717, 1.165) is 22.5 Å². The molecule has 1 aromatic heterocycles. The molecule has 4 rings (SSSR count). The zero-order valence-corrected chi connectivity index (χ0v) is 13.3. The van der Waals surface area contributed by atoms with Gasteiger partial charge >= 0.3 is 0 Å². The molecule has 0 saturated carbocycles. The van der Waals surface area contributed by atoms with Crippen molar-refractivity contribution in [2.24, 2.45) is 4.99 Å². The van der Waals surface area contributed by atoms with Gasteiger partial charge in [0.25, 0.3) is 5.91 Å². The fourth-order valence-corrected chi connectivity index (χ4v) is 2.78. The van der Waals surface area contributed by atoms with Crippen LogP contribution in [0.15, 0.2) is 65.9 Å².